The quantitative estimate of drug-likeness (QED) is 0.466. The zero-order valence-electron chi connectivity index (χ0n) is 16.7. The maximum absolute atomic E-state index is 5.09. The SMILES string of the molecule is CC1c2ccccc2CCN1c1nc(N(C)c2ccccc2)[nH]c2cccc1-2.Cl. The highest BCUT2D eigenvalue weighted by molar-refractivity contribution is 5.85. The molecule has 1 N–H and O–H groups in total. The molecule has 2 heterocycles. The molecule has 0 bridgehead atoms. The zero-order valence-corrected chi connectivity index (χ0v) is 17.5. The van der Waals surface area contributed by atoms with E-state index in [0.717, 1.165) is 36.1 Å². The van der Waals surface area contributed by atoms with Crippen molar-refractivity contribution < 1.29 is 0 Å². The molecule has 1 atom stereocenters. The largest absolute Gasteiger partial charge is 0.349 e. The number of anilines is 3. The van der Waals surface area contributed by atoms with Crippen LogP contribution >= 0.6 is 12.4 Å². The molecule has 1 unspecified atom stereocenters. The smallest absolute Gasteiger partial charge is 0.209 e. The van der Waals surface area contributed by atoms with Gasteiger partial charge in [-0.1, -0.05) is 48.5 Å². The number of aromatic nitrogens is 2. The normalized spacial score (nSPS) is 15.7. The highest BCUT2D eigenvalue weighted by Crippen LogP contribution is 2.39. The highest BCUT2D eigenvalue weighted by Gasteiger charge is 2.28. The molecule has 0 fully saturated rings. The third kappa shape index (κ3) is 3.34. The molecule has 5 rings (SSSR count). The Balaban J connectivity index is 0.00000205. The Hall–Kier alpha value is -2.98. The summed E-state index contributed by atoms with van der Waals surface area (Å²) in [4.78, 5) is 13.2. The molecule has 0 amide bonds. The van der Waals surface area contributed by atoms with E-state index < -0.39 is 0 Å². The lowest BCUT2D eigenvalue weighted by molar-refractivity contribution is 0.617. The van der Waals surface area contributed by atoms with Crippen LogP contribution in [0.5, 0.6) is 0 Å². The third-order valence-corrected chi connectivity index (χ3v) is 5.84. The van der Waals surface area contributed by atoms with Crippen molar-refractivity contribution in [2.75, 3.05) is 23.4 Å². The van der Waals surface area contributed by atoms with Crippen LogP contribution in [0.3, 0.4) is 0 Å². The predicted molar refractivity (Wildman–Crippen MR) is 123 cm³/mol. The minimum Gasteiger partial charge on any atom is -0.349 e. The Morgan fingerprint density at radius 2 is 1.72 bits per heavy atom. The number of hydrogen-bond acceptors (Lipinski definition) is 3. The minimum absolute atomic E-state index is 0. The third-order valence-electron chi connectivity index (χ3n) is 5.84. The summed E-state index contributed by atoms with van der Waals surface area (Å²) in [5.41, 5.74) is 6.26. The molecule has 0 spiro atoms. The lowest BCUT2D eigenvalue weighted by Crippen LogP contribution is -2.35. The van der Waals surface area contributed by atoms with Crippen molar-refractivity contribution in [2.24, 2.45) is 0 Å². The lowest BCUT2D eigenvalue weighted by atomic mass is 9.93. The number of para-hydroxylation sites is 1. The molecule has 0 radical (unpaired) electrons. The summed E-state index contributed by atoms with van der Waals surface area (Å²) in [6.45, 7) is 3.26. The van der Waals surface area contributed by atoms with Gasteiger partial charge in [0.05, 0.1) is 11.7 Å². The van der Waals surface area contributed by atoms with E-state index >= 15 is 0 Å². The second kappa shape index (κ2) is 7.80. The summed E-state index contributed by atoms with van der Waals surface area (Å²) in [6, 6.07) is 25.8. The van der Waals surface area contributed by atoms with Gasteiger partial charge in [-0.05, 0) is 48.7 Å². The van der Waals surface area contributed by atoms with Gasteiger partial charge in [0.1, 0.15) is 5.82 Å². The van der Waals surface area contributed by atoms with Gasteiger partial charge < -0.3 is 14.8 Å². The van der Waals surface area contributed by atoms with Crippen molar-refractivity contribution in [3.05, 3.63) is 83.9 Å². The molecule has 0 aromatic heterocycles. The van der Waals surface area contributed by atoms with E-state index in [2.05, 4.69) is 95.5 Å². The maximum atomic E-state index is 5.09. The summed E-state index contributed by atoms with van der Waals surface area (Å²) >= 11 is 0. The van der Waals surface area contributed by atoms with Crippen LogP contribution < -0.4 is 9.80 Å². The number of rotatable bonds is 3. The second-order valence-electron chi connectivity index (χ2n) is 7.45. The van der Waals surface area contributed by atoms with Crippen molar-refractivity contribution in [2.45, 2.75) is 19.4 Å². The fourth-order valence-corrected chi connectivity index (χ4v) is 4.25. The lowest BCUT2D eigenvalue weighted by Gasteiger charge is -2.37. The summed E-state index contributed by atoms with van der Waals surface area (Å²) < 4.78 is 0. The number of aromatic amines is 1. The van der Waals surface area contributed by atoms with E-state index in [1.54, 1.807) is 0 Å². The molecule has 2 aliphatic heterocycles. The van der Waals surface area contributed by atoms with Crippen molar-refractivity contribution >= 4 is 29.9 Å². The van der Waals surface area contributed by atoms with Gasteiger partial charge in [0.2, 0.25) is 5.95 Å². The number of nitrogens with zero attached hydrogens (tertiary/aromatic N) is 3. The zero-order chi connectivity index (χ0) is 19.1. The van der Waals surface area contributed by atoms with Crippen LogP contribution in [-0.4, -0.2) is 23.6 Å². The van der Waals surface area contributed by atoms with E-state index in [-0.39, 0.29) is 12.4 Å². The van der Waals surface area contributed by atoms with Gasteiger partial charge >= 0.3 is 0 Å². The topological polar surface area (TPSA) is 35.2 Å². The van der Waals surface area contributed by atoms with E-state index in [1.165, 1.54) is 16.7 Å². The minimum atomic E-state index is 0. The number of hydrogen-bond donors (Lipinski definition) is 1. The molecular weight excluding hydrogens is 380 g/mol. The van der Waals surface area contributed by atoms with Crippen molar-refractivity contribution in [1.82, 2.24) is 9.97 Å². The standard InChI is InChI=1S/C24H24N4.ClH/c1-17-20-12-7-6-9-18(20)15-16-28(17)23-21-13-8-14-22(21)25-24(26-23)27(2)19-10-4-3-5-11-19;/h3-14,17H,15-16H2,1-2H3,(H,25,26);1H. The fourth-order valence-electron chi connectivity index (χ4n) is 4.25. The molecule has 3 aliphatic rings. The molecule has 1 aliphatic carbocycles. The summed E-state index contributed by atoms with van der Waals surface area (Å²) in [5.74, 6) is 1.91. The maximum Gasteiger partial charge on any atom is 0.209 e. The first-order chi connectivity index (χ1) is 13.7. The fraction of sp³-hybridized carbons (Fsp3) is 0.208. The Morgan fingerprint density at radius 3 is 2.55 bits per heavy atom. The number of fused-ring (bicyclic) bond motifs is 2. The van der Waals surface area contributed by atoms with Crippen LogP contribution in [0.4, 0.5) is 17.5 Å². The molecular formula is C24H25ClN4. The van der Waals surface area contributed by atoms with Crippen LogP contribution in [-0.2, 0) is 6.42 Å². The van der Waals surface area contributed by atoms with Crippen molar-refractivity contribution in [3.63, 3.8) is 0 Å². The van der Waals surface area contributed by atoms with Gasteiger partial charge in [0.15, 0.2) is 0 Å². The molecule has 2 aromatic carbocycles. The van der Waals surface area contributed by atoms with Gasteiger partial charge in [-0.3, -0.25) is 0 Å². The average molecular weight is 405 g/mol. The Labute approximate surface area is 178 Å². The van der Waals surface area contributed by atoms with Crippen LogP contribution in [0.1, 0.15) is 24.1 Å². The van der Waals surface area contributed by atoms with Crippen LogP contribution in [0.25, 0.3) is 11.3 Å². The number of nitrogens with one attached hydrogen (secondary N) is 1. The molecule has 0 saturated heterocycles. The molecule has 0 saturated carbocycles. The van der Waals surface area contributed by atoms with E-state index in [0.29, 0.717) is 6.04 Å². The summed E-state index contributed by atoms with van der Waals surface area (Å²) in [7, 11) is 2.06. The summed E-state index contributed by atoms with van der Waals surface area (Å²) in [5, 5.41) is 0. The second-order valence-corrected chi connectivity index (χ2v) is 7.45. The predicted octanol–water partition coefficient (Wildman–Crippen LogP) is 5.83. The van der Waals surface area contributed by atoms with Crippen LogP contribution in [0.15, 0.2) is 72.8 Å². The van der Waals surface area contributed by atoms with Crippen molar-refractivity contribution in [1.29, 1.82) is 0 Å². The molecule has 2 aromatic rings. The van der Waals surface area contributed by atoms with Gasteiger partial charge in [0, 0.05) is 24.8 Å². The number of halogens is 1. The molecule has 5 heteroatoms. The Morgan fingerprint density at radius 1 is 0.966 bits per heavy atom. The van der Waals surface area contributed by atoms with Gasteiger partial charge in [-0.2, -0.15) is 4.98 Å². The Bertz CT molecular complexity index is 1080. The molecule has 148 valence electrons. The average Bonchev–Trinajstić information content (AvgIpc) is 3.23. The van der Waals surface area contributed by atoms with E-state index in [9.17, 15) is 0 Å². The van der Waals surface area contributed by atoms with E-state index in [1.807, 2.05) is 6.07 Å². The number of H-pyrrole nitrogens is 1. The Kier molecular flexibility index (Phi) is 5.20. The summed E-state index contributed by atoms with van der Waals surface area (Å²) in [6.07, 6.45) is 1.05. The number of benzene rings is 2. The van der Waals surface area contributed by atoms with Gasteiger partial charge in [-0.25, -0.2) is 0 Å². The van der Waals surface area contributed by atoms with Gasteiger partial charge in [0.25, 0.3) is 0 Å². The highest BCUT2D eigenvalue weighted by atomic mass is 35.5. The first kappa shape index (κ1) is 19.3. The van der Waals surface area contributed by atoms with Crippen LogP contribution in [0, 0.1) is 0 Å². The first-order valence-corrected chi connectivity index (χ1v) is 9.84. The van der Waals surface area contributed by atoms with Crippen LogP contribution in [0.2, 0.25) is 0 Å². The van der Waals surface area contributed by atoms with Crippen molar-refractivity contribution in [3.8, 4) is 11.3 Å². The first-order valence-electron chi connectivity index (χ1n) is 9.84. The molecule has 4 nitrogen and oxygen atoms in total. The van der Waals surface area contributed by atoms with Gasteiger partial charge in [-0.15, -0.1) is 12.4 Å². The monoisotopic (exact) mass is 404 g/mol. The molecule has 29 heavy (non-hydrogen) atoms. The van der Waals surface area contributed by atoms with E-state index in [4.69, 9.17) is 4.98 Å².